The summed E-state index contributed by atoms with van der Waals surface area (Å²) in [7, 11) is 0. The predicted molar refractivity (Wildman–Crippen MR) is 201 cm³/mol. The van der Waals surface area contributed by atoms with Gasteiger partial charge in [0, 0.05) is 48.6 Å². The highest BCUT2D eigenvalue weighted by Gasteiger charge is 2.45. The number of carbonyl (C=O) groups excluding carboxylic acids is 5. The third kappa shape index (κ3) is 7.66. The van der Waals surface area contributed by atoms with Crippen molar-refractivity contribution in [3.05, 3.63) is 102 Å². The molecule has 1 fully saturated rings. The molecule has 0 spiro atoms. The summed E-state index contributed by atoms with van der Waals surface area (Å²) in [6.45, 7) is 7.77. The number of benzene rings is 2. The number of imide groups is 1. The Labute approximate surface area is 317 Å². The van der Waals surface area contributed by atoms with Crippen LogP contribution >= 0.6 is 0 Å². The molecule has 282 valence electrons. The van der Waals surface area contributed by atoms with Crippen LogP contribution in [-0.4, -0.2) is 73.0 Å². The normalized spacial score (nSPS) is 15.4. The van der Waals surface area contributed by atoms with Gasteiger partial charge in [-0.15, -0.1) is 0 Å². The third-order valence-electron chi connectivity index (χ3n) is 9.98. The first kappa shape index (κ1) is 36.9. The third-order valence-corrected chi connectivity index (χ3v) is 9.98. The van der Waals surface area contributed by atoms with E-state index < -0.39 is 23.8 Å². The Kier molecular flexibility index (Phi) is 10.7. The summed E-state index contributed by atoms with van der Waals surface area (Å²) in [6.07, 6.45) is 9.02. The second kappa shape index (κ2) is 15.9. The topological polar surface area (TPSA) is 178 Å². The first-order valence-electron chi connectivity index (χ1n) is 18.4. The monoisotopic (exact) mass is 743 g/mol. The van der Waals surface area contributed by atoms with Crippen LogP contribution in [0, 0.1) is 13.8 Å². The van der Waals surface area contributed by atoms with Crippen LogP contribution in [0.15, 0.2) is 77.9 Å². The number of hydrogen-bond donors (Lipinski definition) is 2. The minimum Gasteiger partial charge on any atom is -0.485 e. The Morgan fingerprint density at radius 2 is 1.80 bits per heavy atom. The van der Waals surface area contributed by atoms with Gasteiger partial charge in [-0.05, 0) is 63.6 Å². The van der Waals surface area contributed by atoms with Gasteiger partial charge >= 0.3 is 0 Å². The van der Waals surface area contributed by atoms with Crippen LogP contribution in [0.1, 0.15) is 82.8 Å². The predicted octanol–water partition coefficient (Wildman–Crippen LogP) is 5.31. The van der Waals surface area contributed by atoms with E-state index in [4.69, 9.17) is 14.2 Å². The molecule has 0 aliphatic carbocycles. The molecule has 0 radical (unpaired) electrons. The van der Waals surface area contributed by atoms with Crippen molar-refractivity contribution in [3.63, 3.8) is 0 Å². The standard InChI is InChI=1S/C41H41N7O7/c1-24-11-16-32(39(51)44-24)48-40(52)30-9-7-10-33(37(30)41(48)53)54-23-29(49)8-5-4-6-19-43-35(50)18-17-31-38(45-34-22-42-20-21-47(31)34)28-14-12-27(13-15-28)36-25(2)46-55-26(36)3/h7,9-10,12-15,20-22,32H,1,4-6,8,11,16-19,23H2,2-3H3,(H,43,50)(H,44,51). The molecular formula is C41H41N7O7. The zero-order valence-electron chi connectivity index (χ0n) is 30.7. The van der Waals surface area contributed by atoms with Gasteiger partial charge in [0.05, 0.1) is 34.4 Å². The van der Waals surface area contributed by atoms with Gasteiger partial charge < -0.3 is 24.3 Å². The van der Waals surface area contributed by atoms with E-state index in [0.717, 1.165) is 50.9 Å². The molecule has 7 rings (SSSR count). The summed E-state index contributed by atoms with van der Waals surface area (Å²) in [5.41, 5.74) is 6.88. The Balaban J connectivity index is 0.855. The lowest BCUT2D eigenvalue weighted by molar-refractivity contribution is -0.125. The Morgan fingerprint density at radius 1 is 1.00 bits per heavy atom. The highest BCUT2D eigenvalue weighted by atomic mass is 16.5. The number of nitrogens with zero attached hydrogens (tertiary/aromatic N) is 5. The first-order valence-corrected chi connectivity index (χ1v) is 18.4. The Morgan fingerprint density at radius 3 is 2.56 bits per heavy atom. The average molecular weight is 744 g/mol. The molecule has 2 aliphatic heterocycles. The molecule has 2 N–H and O–H groups in total. The highest BCUT2D eigenvalue weighted by Crippen LogP contribution is 2.34. The van der Waals surface area contributed by atoms with Crippen molar-refractivity contribution in [2.75, 3.05) is 13.2 Å². The van der Waals surface area contributed by atoms with Gasteiger partial charge in [-0.3, -0.25) is 33.9 Å². The smallest absolute Gasteiger partial charge is 0.266 e. The molecule has 0 saturated carbocycles. The number of aryl methyl sites for hydroxylation is 3. The first-order chi connectivity index (χ1) is 26.6. The van der Waals surface area contributed by atoms with Crippen molar-refractivity contribution < 1.29 is 33.2 Å². The second-order valence-electron chi connectivity index (χ2n) is 13.8. The number of Topliss-reactive ketones (excluding diaryl/α,β-unsaturated/α-hetero) is 1. The fraction of sp³-hybridized carbons (Fsp3) is 0.317. The number of hydrogen-bond acceptors (Lipinski definition) is 10. The summed E-state index contributed by atoms with van der Waals surface area (Å²) in [5, 5.41) is 9.66. The number of carbonyl (C=O) groups is 5. The van der Waals surface area contributed by atoms with E-state index in [1.165, 1.54) is 6.07 Å². The number of unbranched alkanes of at least 4 members (excludes halogenated alkanes) is 2. The molecule has 5 heterocycles. The second-order valence-corrected chi connectivity index (χ2v) is 13.8. The van der Waals surface area contributed by atoms with E-state index in [1.54, 1.807) is 24.5 Å². The van der Waals surface area contributed by atoms with Crippen LogP contribution in [0.25, 0.3) is 28.0 Å². The summed E-state index contributed by atoms with van der Waals surface area (Å²) in [6, 6.07) is 11.8. The maximum absolute atomic E-state index is 13.3. The minimum absolute atomic E-state index is 0.0611. The van der Waals surface area contributed by atoms with E-state index in [9.17, 15) is 24.0 Å². The van der Waals surface area contributed by atoms with Crippen molar-refractivity contribution in [2.24, 2.45) is 0 Å². The molecule has 3 aromatic heterocycles. The van der Waals surface area contributed by atoms with Crippen molar-refractivity contribution in [2.45, 2.75) is 71.3 Å². The Bertz CT molecular complexity index is 2310. The zero-order chi connectivity index (χ0) is 38.6. The maximum atomic E-state index is 13.3. The number of allylic oxidation sites excluding steroid dienone is 1. The summed E-state index contributed by atoms with van der Waals surface area (Å²) in [5.74, 6) is -0.975. The number of ketones is 1. The number of fused-ring (bicyclic) bond motifs is 2. The van der Waals surface area contributed by atoms with Crippen molar-refractivity contribution in [1.29, 1.82) is 0 Å². The fourth-order valence-corrected chi connectivity index (χ4v) is 7.20. The largest absolute Gasteiger partial charge is 0.485 e. The number of aromatic nitrogens is 4. The summed E-state index contributed by atoms with van der Waals surface area (Å²) in [4.78, 5) is 74.5. The summed E-state index contributed by atoms with van der Waals surface area (Å²) < 4.78 is 13.0. The lowest BCUT2D eigenvalue weighted by atomic mass is 10.0. The zero-order valence-corrected chi connectivity index (χ0v) is 30.7. The van der Waals surface area contributed by atoms with Gasteiger partial charge in [-0.2, -0.15) is 0 Å². The molecule has 1 atom stereocenters. The van der Waals surface area contributed by atoms with E-state index in [-0.39, 0.29) is 48.0 Å². The van der Waals surface area contributed by atoms with Crippen molar-refractivity contribution >= 4 is 35.1 Å². The lowest BCUT2D eigenvalue weighted by Crippen LogP contribution is -2.51. The van der Waals surface area contributed by atoms with Gasteiger partial charge in [-0.25, -0.2) is 4.98 Å². The molecule has 2 aliphatic rings. The van der Waals surface area contributed by atoms with Gasteiger partial charge in [0.25, 0.3) is 11.8 Å². The van der Waals surface area contributed by atoms with E-state index >= 15 is 0 Å². The number of nitrogens with one attached hydrogen (secondary N) is 2. The molecule has 0 bridgehead atoms. The average Bonchev–Trinajstić information content (AvgIpc) is 3.81. The molecule has 5 aromatic rings. The van der Waals surface area contributed by atoms with Crippen LogP contribution < -0.4 is 15.4 Å². The van der Waals surface area contributed by atoms with Crippen LogP contribution in [0.3, 0.4) is 0 Å². The molecule has 1 saturated heterocycles. The number of amides is 4. The number of rotatable bonds is 15. The SMILES string of the molecule is C=C1CCC(N2C(=O)c3cccc(OCC(=O)CCCCCNC(=O)CCc4c(-c5ccc(-c6c(C)noc6C)cc5)nc5cnccn45)c3C2=O)C(=O)N1. The van der Waals surface area contributed by atoms with E-state index in [1.807, 2.05) is 48.7 Å². The quantitative estimate of drug-likeness (QED) is 0.105. The van der Waals surface area contributed by atoms with Crippen LogP contribution in [0.2, 0.25) is 0 Å². The molecule has 55 heavy (non-hydrogen) atoms. The minimum atomic E-state index is -0.935. The van der Waals surface area contributed by atoms with Crippen molar-refractivity contribution in [1.82, 2.24) is 35.1 Å². The maximum Gasteiger partial charge on any atom is 0.266 e. The van der Waals surface area contributed by atoms with E-state index in [2.05, 4.69) is 27.4 Å². The van der Waals surface area contributed by atoms with Crippen molar-refractivity contribution in [3.8, 4) is 28.1 Å². The van der Waals surface area contributed by atoms with Gasteiger partial charge in [0.2, 0.25) is 11.8 Å². The highest BCUT2D eigenvalue weighted by molar-refractivity contribution is 6.24. The number of ether oxygens (including phenoxy) is 1. The molecule has 14 heteroatoms. The molecular weight excluding hydrogens is 702 g/mol. The fourth-order valence-electron chi connectivity index (χ4n) is 7.20. The molecule has 1 unspecified atom stereocenters. The summed E-state index contributed by atoms with van der Waals surface area (Å²) >= 11 is 0. The van der Waals surface area contributed by atoms with Gasteiger partial charge in [0.15, 0.2) is 11.4 Å². The molecule has 14 nitrogen and oxygen atoms in total. The van der Waals surface area contributed by atoms with Crippen LogP contribution in [-0.2, 0) is 20.8 Å². The molecule has 4 amide bonds. The number of piperidine rings is 1. The van der Waals surface area contributed by atoms with Gasteiger partial charge in [0.1, 0.15) is 24.2 Å². The lowest BCUT2D eigenvalue weighted by Gasteiger charge is -2.29. The van der Waals surface area contributed by atoms with Crippen LogP contribution in [0.4, 0.5) is 0 Å². The van der Waals surface area contributed by atoms with Gasteiger partial charge in [-0.1, -0.05) is 48.5 Å². The van der Waals surface area contributed by atoms with E-state index in [0.29, 0.717) is 50.0 Å². The van der Waals surface area contributed by atoms with Crippen LogP contribution in [0.5, 0.6) is 5.75 Å². The molecule has 2 aromatic carbocycles. The Hall–Kier alpha value is -6.44. The number of imidazole rings is 1.